The lowest BCUT2D eigenvalue weighted by Crippen LogP contribution is -2.31. The van der Waals surface area contributed by atoms with E-state index in [4.69, 9.17) is 5.73 Å². The molecule has 0 rings (SSSR count). The number of aliphatic hydroxyl groups is 1. The Morgan fingerprint density at radius 2 is 1.11 bits per heavy atom. The van der Waals surface area contributed by atoms with Crippen LogP contribution in [0.25, 0.3) is 0 Å². The van der Waals surface area contributed by atoms with E-state index in [9.17, 15) is 5.11 Å². The van der Waals surface area contributed by atoms with Crippen LogP contribution in [-0.4, -0.2) is 17.3 Å². The molecule has 116 valence electrons. The second-order valence-electron chi connectivity index (χ2n) is 6.10. The monoisotopic (exact) mass is 271 g/mol. The minimum Gasteiger partial charge on any atom is -0.392 e. The molecule has 0 aliphatic rings. The quantitative estimate of drug-likeness (QED) is 0.446. The summed E-state index contributed by atoms with van der Waals surface area (Å²) >= 11 is 0. The number of unbranched alkanes of at least 4 members (excludes halogenated alkanes) is 11. The highest BCUT2D eigenvalue weighted by Crippen LogP contribution is 2.13. The highest BCUT2D eigenvalue weighted by atomic mass is 16.3. The molecule has 0 amide bonds. The van der Waals surface area contributed by atoms with Gasteiger partial charge < -0.3 is 10.8 Å². The van der Waals surface area contributed by atoms with Gasteiger partial charge >= 0.3 is 0 Å². The molecule has 0 saturated carbocycles. The maximum Gasteiger partial charge on any atom is 0.0688 e. The first-order valence-electron chi connectivity index (χ1n) is 8.62. The third-order valence-corrected chi connectivity index (χ3v) is 3.96. The lowest BCUT2D eigenvalue weighted by molar-refractivity contribution is 0.138. The summed E-state index contributed by atoms with van der Waals surface area (Å²) in [6.07, 6.45) is 16.9. The molecular weight excluding hydrogens is 234 g/mol. The van der Waals surface area contributed by atoms with Crippen molar-refractivity contribution in [1.82, 2.24) is 0 Å². The number of nitrogens with two attached hydrogens (primary N) is 1. The Bertz CT molecular complexity index is 171. The Balaban J connectivity index is 3.03. The molecule has 0 radical (unpaired) electrons. The van der Waals surface area contributed by atoms with Gasteiger partial charge in [-0.1, -0.05) is 84.0 Å². The van der Waals surface area contributed by atoms with E-state index in [0.717, 1.165) is 12.8 Å². The van der Waals surface area contributed by atoms with Crippen LogP contribution >= 0.6 is 0 Å². The zero-order valence-electron chi connectivity index (χ0n) is 13.4. The molecule has 0 aliphatic carbocycles. The van der Waals surface area contributed by atoms with Gasteiger partial charge in [0.1, 0.15) is 0 Å². The van der Waals surface area contributed by atoms with Crippen LogP contribution in [0.2, 0.25) is 0 Å². The SMILES string of the molecule is CCCCCCCCCCCCCC[C@@H](O)[C@H](C)N. The molecule has 0 aromatic carbocycles. The Hall–Kier alpha value is -0.0800. The normalized spacial score (nSPS) is 14.5. The van der Waals surface area contributed by atoms with Gasteiger partial charge in [0.25, 0.3) is 0 Å². The summed E-state index contributed by atoms with van der Waals surface area (Å²) in [7, 11) is 0. The molecule has 3 N–H and O–H groups in total. The van der Waals surface area contributed by atoms with Crippen molar-refractivity contribution in [2.45, 2.75) is 109 Å². The lowest BCUT2D eigenvalue weighted by Gasteiger charge is -2.13. The first-order valence-corrected chi connectivity index (χ1v) is 8.62. The van der Waals surface area contributed by atoms with E-state index in [1.165, 1.54) is 70.6 Å². The van der Waals surface area contributed by atoms with Crippen LogP contribution in [0.4, 0.5) is 0 Å². The van der Waals surface area contributed by atoms with E-state index in [1.54, 1.807) is 0 Å². The first-order chi connectivity index (χ1) is 9.18. The van der Waals surface area contributed by atoms with E-state index < -0.39 is 0 Å². The highest BCUT2D eigenvalue weighted by Gasteiger charge is 2.07. The molecule has 0 bridgehead atoms. The number of hydrogen-bond donors (Lipinski definition) is 2. The third-order valence-electron chi connectivity index (χ3n) is 3.96. The van der Waals surface area contributed by atoms with Gasteiger partial charge in [0.15, 0.2) is 0 Å². The smallest absolute Gasteiger partial charge is 0.0688 e. The molecule has 0 aromatic rings. The summed E-state index contributed by atoms with van der Waals surface area (Å²) < 4.78 is 0. The van der Waals surface area contributed by atoms with Gasteiger partial charge in [0.2, 0.25) is 0 Å². The summed E-state index contributed by atoms with van der Waals surface area (Å²) in [5.41, 5.74) is 5.63. The minimum absolute atomic E-state index is 0.0762. The molecule has 2 nitrogen and oxygen atoms in total. The van der Waals surface area contributed by atoms with E-state index in [-0.39, 0.29) is 12.1 Å². The van der Waals surface area contributed by atoms with Crippen molar-refractivity contribution >= 4 is 0 Å². The summed E-state index contributed by atoms with van der Waals surface area (Å²) in [6.45, 7) is 4.15. The molecule has 0 heterocycles. The van der Waals surface area contributed by atoms with Gasteiger partial charge in [0.05, 0.1) is 6.10 Å². The average Bonchev–Trinajstić information content (AvgIpc) is 2.39. The van der Waals surface area contributed by atoms with E-state index >= 15 is 0 Å². The number of aliphatic hydroxyl groups excluding tert-OH is 1. The van der Waals surface area contributed by atoms with Gasteiger partial charge in [0, 0.05) is 6.04 Å². The van der Waals surface area contributed by atoms with Crippen LogP contribution < -0.4 is 5.73 Å². The molecule has 0 spiro atoms. The van der Waals surface area contributed by atoms with Crippen LogP contribution in [0.15, 0.2) is 0 Å². The van der Waals surface area contributed by atoms with Gasteiger partial charge in [-0.25, -0.2) is 0 Å². The molecule has 2 atom stereocenters. The van der Waals surface area contributed by atoms with Crippen molar-refractivity contribution < 1.29 is 5.11 Å². The van der Waals surface area contributed by atoms with Crippen molar-refractivity contribution in [3.05, 3.63) is 0 Å². The largest absolute Gasteiger partial charge is 0.392 e. The summed E-state index contributed by atoms with van der Waals surface area (Å²) in [6, 6.07) is -0.0762. The Morgan fingerprint density at radius 1 is 0.737 bits per heavy atom. The van der Waals surface area contributed by atoms with Gasteiger partial charge in [-0.2, -0.15) is 0 Å². The Labute approximate surface area is 121 Å². The van der Waals surface area contributed by atoms with Gasteiger partial charge in [-0.05, 0) is 13.3 Å². The van der Waals surface area contributed by atoms with Crippen molar-refractivity contribution in [1.29, 1.82) is 0 Å². The second kappa shape index (κ2) is 14.3. The number of rotatable bonds is 14. The molecule has 2 heteroatoms. The third kappa shape index (κ3) is 14.1. The lowest BCUT2D eigenvalue weighted by atomic mass is 10.0. The fourth-order valence-corrected chi connectivity index (χ4v) is 2.46. The second-order valence-corrected chi connectivity index (χ2v) is 6.10. The van der Waals surface area contributed by atoms with E-state index in [2.05, 4.69) is 6.92 Å². The summed E-state index contributed by atoms with van der Waals surface area (Å²) in [4.78, 5) is 0. The van der Waals surface area contributed by atoms with Crippen LogP contribution in [0.1, 0.15) is 97.3 Å². The zero-order valence-corrected chi connectivity index (χ0v) is 13.4. The van der Waals surface area contributed by atoms with Crippen molar-refractivity contribution in [3.8, 4) is 0 Å². The van der Waals surface area contributed by atoms with Crippen molar-refractivity contribution in [2.75, 3.05) is 0 Å². The molecule has 0 aliphatic heterocycles. The summed E-state index contributed by atoms with van der Waals surface area (Å²) in [5.74, 6) is 0. The molecular formula is C17H37NO. The van der Waals surface area contributed by atoms with Crippen LogP contribution in [0, 0.1) is 0 Å². The van der Waals surface area contributed by atoms with E-state index in [0.29, 0.717) is 0 Å². The zero-order chi connectivity index (χ0) is 14.3. The molecule has 19 heavy (non-hydrogen) atoms. The molecule has 0 aromatic heterocycles. The highest BCUT2D eigenvalue weighted by molar-refractivity contribution is 4.65. The predicted molar refractivity (Wildman–Crippen MR) is 85.4 cm³/mol. The summed E-state index contributed by atoms with van der Waals surface area (Å²) in [5, 5.41) is 9.56. The van der Waals surface area contributed by atoms with E-state index in [1.807, 2.05) is 6.92 Å². The molecule has 0 fully saturated rings. The maximum absolute atomic E-state index is 9.56. The number of hydrogen-bond acceptors (Lipinski definition) is 2. The fraction of sp³-hybridized carbons (Fsp3) is 1.00. The van der Waals surface area contributed by atoms with Crippen LogP contribution in [-0.2, 0) is 0 Å². The van der Waals surface area contributed by atoms with Crippen molar-refractivity contribution in [2.24, 2.45) is 5.73 Å². The van der Waals surface area contributed by atoms with Gasteiger partial charge in [-0.3, -0.25) is 0 Å². The predicted octanol–water partition coefficient (Wildman–Crippen LogP) is 4.79. The van der Waals surface area contributed by atoms with Crippen LogP contribution in [0.3, 0.4) is 0 Å². The average molecular weight is 271 g/mol. The standard InChI is InChI=1S/C17H37NO/c1-3-4-5-6-7-8-9-10-11-12-13-14-15-17(19)16(2)18/h16-17,19H,3-15,18H2,1-2H3/t16-,17+/m0/s1. The Morgan fingerprint density at radius 3 is 1.47 bits per heavy atom. The topological polar surface area (TPSA) is 46.2 Å². The first kappa shape index (κ1) is 18.9. The Kier molecular flexibility index (Phi) is 14.3. The fourth-order valence-electron chi connectivity index (χ4n) is 2.46. The van der Waals surface area contributed by atoms with Gasteiger partial charge in [-0.15, -0.1) is 0 Å². The molecule has 0 unspecified atom stereocenters. The maximum atomic E-state index is 9.56. The molecule has 0 saturated heterocycles. The van der Waals surface area contributed by atoms with Crippen molar-refractivity contribution in [3.63, 3.8) is 0 Å². The van der Waals surface area contributed by atoms with Crippen LogP contribution in [0.5, 0.6) is 0 Å². The minimum atomic E-state index is -0.303.